The van der Waals surface area contributed by atoms with E-state index in [1.54, 1.807) is 27.7 Å². The Morgan fingerprint density at radius 1 is 0.875 bits per heavy atom. The van der Waals surface area contributed by atoms with E-state index in [-0.39, 0.29) is 0 Å². The Morgan fingerprint density at radius 2 is 1.58 bits per heavy atom. The van der Waals surface area contributed by atoms with Crippen LogP contribution in [-0.2, 0) is 6.54 Å². The molecule has 0 fully saturated rings. The molecule has 0 atom stereocenters. The van der Waals surface area contributed by atoms with Crippen LogP contribution < -0.4 is 19.5 Å². The molecule has 0 aliphatic rings. The van der Waals surface area contributed by atoms with Gasteiger partial charge in [-0.2, -0.15) is 0 Å². The number of para-hydroxylation sites is 1. The van der Waals surface area contributed by atoms with Crippen LogP contribution in [0.5, 0.6) is 17.2 Å². The highest BCUT2D eigenvalue weighted by molar-refractivity contribution is 5.88. The zero-order valence-corrected chi connectivity index (χ0v) is 13.9. The first-order valence-electron chi connectivity index (χ1n) is 7.49. The molecule has 6 nitrogen and oxygen atoms in total. The third-order valence-electron chi connectivity index (χ3n) is 3.78. The van der Waals surface area contributed by atoms with Gasteiger partial charge < -0.3 is 19.5 Å². The number of methoxy groups -OCH3 is 3. The normalized spacial score (nSPS) is 10.5. The molecule has 0 aliphatic heterocycles. The molecule has 124 valence electrons. The van der Waals surface area contributed by atoms with Gasteiger partial charge in [-0.25, -0.2) is 9.97 Å². The Balaban J connectivity index is 1.90. The van der Waals surface area contributed by atoms with Crippen LogP contribution >= 0.6 is 0 Å². The minimum Gasteiger partial charge on any atom is -0.496 e. The second kappa shape index (κ2) is 7.04. The first-order chi connectivity index (χ1) is 11.8. The van der Waals surface area contributed by atoms with E-state index >= 15 is 0 Å². The van der Waals surface area contributed by atoms with Gasteiger partial charge in [0.2, 0.25) is 0 Å². The molecule has 0 saturated carbocycles. The minimum atomic E-state index is 0.532. The van der Waals surface area contributed by atoms with Gasteiger partial charge in [0.1, 0.15) is 17.9 Å². The molecule has 2 aromatic carbocycles. The van der Waals surface area contributed by atoms with E-state index in [2.05, 4.69) is 15.3 Å². The molecule has 0 saturated heterocycles. The largest absolute Gasteiger partial charge is 0.496 e. The van der Waals surface area contributed by atoms with Gasteiger partial charge in [0.15, 0.2) is 11.5 Å². The smallest absolute Gasteiger partial charge is 0.164 e. The molecule has 0 amide bonds. The highest BCUT2D eigenvalue weighted by Gasteiger charge is 2.12. The molecule has 6 heteroatoms. The summed E-state index contributed by atoms with van der Waals surface area (Å²) in [6, 6.07) is 11.6. The molecule has 1 N–H and O–H groups in total. The zero-order chi connectivity index (χ0) is 16.9. The summed E-state index contributed by atoms with van der Waals surface area (Å²) in [7, 11) is 4.84. The minimum absolute atomic E-state index is 0.532. The van der Waals surface area contributed by atoms with E-state index in [0.29, 0.717) is 18.0 Å². The number of nitrogens with zero attached hydrogens (tertiary/aromatic N) is 2. The molecular weight excluding hydrogens is 306 g/mol. The van der Waals surface area contributed by atoms with Crippen LogP contribution in [-0.4, -0.2) is 31.3 Å². The summed E-state index contributed by atoms with van der Waals surface area (Å²) in [4.78, 5) is 8.60. The van der Waals surface area contributed by atoms with Crippen molar-refractivity contribution < 1.29 is 14.2 Å². The molecule has 24 heavy (non-hydrogen) atoms. The van der Waals surface area contributed by atoms with E-state index in [0.717, 1.165) is 28.0 Å². The fourth-order valence-electron chi connectivity index (χ4n) is 2.56. The number of ether oxygens (including phenoxy) is 3. The summed E-state index contributed by atoms with van der Waals surface area (Å²) in [5, 5.41) is 4.31. The molecular formula is C18H19N3O3. The molecule has 0 unspecified atom stereocenters. The van der Waals surface area contributed by atoms with Gasteiger partial charge in [-0.3, -0.25) is 0 Å². The highest BCUT2D eigenvalue weighted by atomic mass is 16.5. The van der Waals surface area contributed by atoms with Crippen LogP contribution in [0.25, 0.3) is 10.9 Å². The van der Waals surface area contributed by atoms with Crippen molar-refractivity contribution in [1.82, 2.24) is 9.97 Å². The van der Waals surface area contributed by atoms with Crippen LogP contribution in [0.2, 0.25) is 0 Å². The third kappa shape index (κ3) is 3.03. The standard InChI is InChI=1S/C18H19N3O3/c1-22-15-9-17(24-3)16(23-2)8-12(15)10-19-18-13-6-4-5-7-14(13)20-11-21-18/h4-9,11H,10H2,1-3H3,(H,19,20,21). The first kappa shape index (κ1) is 15.9. The van der Waals surface area contributed by atoms with E-state index in [1.165, 1.54) is 0 Å². The molecule has 1 aromatic heterocycles. The molecule has 0 aliphatic carbocycles. The lowest BCUT2D eigenvalue weighted by molar-refractivity contribution is 0.347. The van der Waals surface area contributed by atoms with Crippen molar-refractivity contribution in [3.8, 4) is 17.2 Å². The number of fused-ring (bicyclic) bond motifs is 1. The van der Waals surface area contributed by atoms with Crippen LogP contribution in [0.1, 0.15) is 5.56 Å². The van der Waals surface area contributed by atoms with E-state index in [9.17, 15) is 0 Å². The Kier molecular flexibility index (Phi) is 4.65. The lowest BCUT2D eigenvalue weighted by Gasteiger charge is -2.15. The van der Waals surface area contributed by atoms with Crippen molar-refractivity contribution >= 4 is 16.7 Å². The number of benzene rings is 2. The molecule has 1 heterocycles. The first-order valence-corrected chi connectivity index (χ1v) is 7.49. The predicted molar refractivity (Wildman–Crippen MR) is 93.0 cm³/mol. The van der Waals surface area contributed by atoms with Gasteiger partial charge in [-0.1, -0.05) is 12.1 Å². The Morgan fingerprint density at radius 3 is 2.33 bits per heavy atom. The van der Waals surface area contributed by atoms with Crippen LogP contribution in [0, 0.1) is 0 Å². The number of aromatic nitrogens is 2. The number of hydrogen-bond acceptors (Lipinski definition) is 6. The molecule has 0 radical (unpaired) electrons. The van der Waals surface area contributed by atoms with E-state index in [1.807, 2.05) is 36.4 Å². The van der Waals surface area contributed by atoms with Crippen LogP contribution in [0.3, 0.4) is 0 Å². The van der Waals surface area contributed by atoms with Gasteiger partial charge in [0, 0.05) is 23.6 Å². The van der Waals surface area contributed by atoms with Gasteiger partial charge in [-0.15, -0.1) is 0 Å². The molecule has 0 spiro atoms. The highest BCUT2D eigenvalue weighted by Crippen LogP contribution is 2.35. The zero-order valence-electron chi connectivity index (χ0n) is 13.9. The fourth-order valence-corrected chi connectivity index (χ4v) is 2.56. The summed E-state index contributed by atoms with van der Waals surface area (Å²) < 4.78 is 16.1. The second-order valence-electron chi connectivity index (χ2n) is 5.11. The van der Waals surface area contributed by atoms with Crippen molar-refractivity contribution in [2.75, 3.05) is 26.6 Å². The number of hydrogen-bond donors (Lipinski definition) is 1. The Labute approximate surface area is 140 Å². The number of anilines is 1. The van der Waals surface area contributed by atoms with Crippen molar-refractivity contribution in [1.29, 1.82) is 0 Å². The molecule has 3 aromatic rings. The Bertz CT molecular complexity index is 847. The van der Waals surface area contributed by atoms with E-state index in [4.69, 9.17) is 14.2 Å². The monoisotopic (exact) mass is 325 g/mol. The maximum atomic E-state index is 5.45. The average molecular weight is 325 g/mol. The summed E-state index contributed by atoms with van der Waals surface area (Å²) >= 11 is 0. The van der Waals surface area contributed by atoms with E-state index < -0.39 is 0 Å². The summed E-state index contributed by atoms with van der Waals surface area (Å²) in [6.45, 7) is 0.532. The quantitative estimate of drug-likeness (QED) is 0.750. The van der Waals surface area contributed by atoms with Gasteiger partial charge in [0.05, 0.1) is 26.8 Å². The van der Waals surface area contributed by atoms with Gasteiger partial charge >= 0.3 is 0 Å². The maximum absolute atomic E-state index is 5.45. The third-order valence-corrected chi connectivity index (χ3v) is 3.78. The van der Waals surface area contributed by atoms with Crippen LogP contribution in [0.4, 0.5) is 5.82 Å². The Hall–Kier alpha value is -3.02. The van der Waals surface area contributed by atoms with Crippen molar-refractivity contribution in [3.63, 3.8) is 0 Å². The van der Waals surface area contributed by atoms with Gasteiger partial charge in [0.25, 0.3) is 0 Å². The molecule has 3 rings (SSSR count). The number of rotatable bonds is 6. The summed E-state index contributed by atoms with van der Waals surface area (Å²) in [5.74, 6) is 2.78. The fraction of sp³-hybridized carbons (Fsp3) is 0.222. The molecule has 0 bridgehead atoms. The second-order valence-corrected chi connectivity index (χ2v) is 5.11. The lowest BCUT2D eigenvalue weighted by Crippen LogP contribution is -2.05. The topological polar surface area (TPSA) is 65.5 Å². The summed E-state index contributed by atoms with van der Waals surface area (Å²) in [5.41, 5.74) is 1.84. The summed E-state index contributed by atoms with van der Waals surface area (Å²) in [6.07, 6.45) is 1.55. The van der Waals surface area contributed by atoms with Crippen molar-refractivity contribution in [2.45, 2.75) is 6.54 Å². The maximum Gasteiger partial charge on any atom is 0.164 e. The average Bonchev–Trinajstić information content (AvgIpc) is 2.65. The van der Waals surface area contributed by atoms with Gasteiger partial charge in [-0.05, 0) is 18.2 Å². The lowest BCUT2D eigenvalue weighted by atomic mass is 10.1. The SMILES string of the molecule is COc1cc(OC)c(OC)cc1CNc1ncnc2ccccc12. The number of nitrogens with one attached hydrogen (secondary N) is 1. The van der Waals surface area contributed by atoms with Crippen LogP contribution in [0.15, 0.2) is 42.7 Å². The van der Waals surface area contributed by atoms with Crippen molar-refractivity contribution in [3.05, 3.63) is 48.3 Å². The van der Waals surface area contributed by atoms with Crippen molar-refractivity contribution in [2.24, 2.45) is 0 Å². The predicted octanol–water partition coefficient (Wildman–Crippen LogP) is 3.27.